The highest BCUT2D eigenvalue weighted by Gasteiger charge is 2.13. The summed E-state index contributed by atoms with van der Waals surface area (Å²) in [5, 5.41) is 24.3. The van der Waals surface area contributed by atoms with Crippen LogP contribution < -0.4 is 15.9 Å². The maximum absolute atomic E-state index is 10.0. The molecule has 2 aromatic rings. The van der Waals surface area contributed by atoms with Crippen molar-refractivity contribution in [2.24, 2.45) is 15.9 Å². The summed E-state index contributed by atoms with van der Waals surface area (Å²) in [5.74, 6) is 0.793. The van der Waals surface area contributed by atoms with Gasteiger partial charge in [0.15, 0.2) is 0 Å². The second-order valence-electron chi connectivity index (χ2n) is 6.24. The lowest BCUT2D eigenvalue weighted by Crippen LogP contribution is -2.26. The summed E-state index contributed by atoms with van der Waals surface area (Å²) in [7, 11) is 0. The number of rotatable bonds is 6. The molecule has 3 rings (SSSR count). The standard InChI is InChI=1S/C17H21N5O2/c1-10(2)5-12(8-23)20-17-21-15(16(24)22-17)7-11-3-4-13-14(6-11)19-9-18-13/h3-4,6-7,9-10,12,23-24H,5,8H2,1-2H3,(H2,20,21,22). The Morgan fingerprint density at radius 2 is 2.17 bits per heavy atom. The SMILES string of the molecule is CC(C)CC(CO)Nc1nc(O)c(C=c2ccc3c(c2)N=CN=3)[nH]1. The molecule has 24 heavy (non-hydrogen) atoms. The van der Waals surface area contributed by atoms with Crippen molar-refractivity contribution in [2.75, 3.05) is 11.9 Å². The lowest BCUT2D eigenvalue weighted by Gasteiger charge is -2.17. The van der Waals surface area contributed by atoms with Gasteiger partial charge in [-0.3, -0.25) is 0 Å². The molecule has 7 heteroatoms. The lowest BCUT2D eigenvalue weighted by atomic mass is 10.0. The van der Waals surface area contributed by atoms with Crippen molar-refractivity contribution < 1.29 is 10.2 Å². The summed E-state index contributed by atoms with van der Waals surface area (Å²) in [6.45, 7) is 4.18. The molecule has 1 aromatic heterocycles. The molecule has 7 nitrogen and oxygen atoms in total. The molecule has 1 unspecified atom stereocenters. The molecule has 0 saturated carbocycles. The average molecular weight is 327 g/mol. The van der Waals surface area contributed by atoms with E-state index in [1.165, 1.54) is 6.34 Å². The van der Waals surface area contributed by atoms with Crippen LogP contribution in [0.25, 0.3) is 6.08 Å². The highest BCUT2D eigenvalue weighted by Crippen LogP contribution is 2.19. The summed E-state index contributed by atoms with van der Waals surface area (Å²) < 4.78 is 0. The van der Waals surface area contributed by atoms with Gasteiger partial charge in [0.25, 0.3) is 0 Å². The molecule has 0 fully saturated rings. The topological polar surface area (TPSA) is 106 Å². The van der Waals surface area contributed by atoms with E-state index >= 15 is 0 Å². The molecule has 0 spiro atoms. The van der Waals surface area contributed by atoms with E-state index in [4.69, 9.17) is 0 Å². The van der Waals surface area contributed by atoms with Crippen LogP contribution in [0.2, 0.25) is 0 Å². The monoisotopic (exact) mass is 327 g/mol. The number of hydrogen-bond acceptors (Lipinski definition) is 6. The molecule has 0 aliphatic carbocycles. The number of aromatic hydroxyl groups is 1. The number of benzene rings is 1. The first-order valence-electron chi connectivity index (χ1n) is 7.93. The molecule has 2 heterocycles. The van der Waals surface area contributed by atoms with Crippen LogP contribution in [0.15, 0.2) is 28.2 Å². The minimum atomic E-state index is -0.112. The predicted octanol–water partition coefficient (Wildman–Crippen LogP) is 1.06. The van der Waals surface area contributed by atoms with Crippen molar-refractivity contribution in [1.29, 1.82) is 0 Å². The van der Waals surface area contributed by atoms with Gasteiger partial charge in [-0.1, -0.05) is 19.9 Å². The maximum atomic E-state index is 10.0. The molecule has 126 valence electrons. The quantitative estimate of drug-likeness (QED) is 0.636. The predicted molar refractivity (Wildman–Crippen MR) is 93.1 cm³/mol. The molecule has 0 bridgehead atoms. The maximum Gasteiger partial charge on any atom is 0.238 e. The van der Waals surface area contributed by atoms with Crippen molar-refractivity contribution in [3.05, 3.63) is 34.5 Å². The Morgan fingerprint density at radius 1 is 1.33 bits per heavy atom. The fourth-order valence-corrected chi connectivity index (χ4v) is 2.65. The van der Waals surface area contributed by atoms with Crippen molar-refractivity contribution in [3.63, 3.8) is 0 Å². The number of nitrogens with one attached hydrogen (secondary N) is 2. The summed E-state index contributed by atoms with van der Waals surface area (Å²) in [6, 6.07) is 5.56. The van der Waals surface area contributed by atoms with Crippen LogP contribution in [0, 0.1) is 5.92 Å². The highest BCUT2D eigenvalue weighted by molar-refractivity contribution is 5.67. The Morgan fingerprint density at radius 3 is 2.92 bits per heavy atom. The molecule has 1 aromatic carbocycles. The zero-order valence-corrected chi connectivity index (χ0v) is 13.7. The largest absolute Gasteiger partial charge is 0.492 e. The van der Waals surface area contributed by atoms with E-state index in [2.05, 4.69) is 39.1 Å². The molecular formula is C17H21N5O2. The first-order valence-corrected chi connectivity index (χ1v) is 7.93. The van der Waals surface area contributed by atoms with Crippen LogP contribution in [0.3, 0.4) is 0 Å². The van der Waals surface area contributed by atoms with Gasteiger partial charge in [0, 0.05) is 0 Å². The zero-order chi connectivity index (χ0) is 17.1. The Balaban J connectivity index is 1.83. The number of aliphatic imine (C=N–C) groups is 1. The number of nitrogens with zero attached hydrogens (tertiary/aromatic N) is 3. The molecular weight excluding hydrogens is 306 g/mol. The Kier molecular flexibility index (Phi) is 4.61. The number of aliphatic hydroxyl groups excluding tert-OH is 1. The van der Waals surface area contributed by atoms with Crippen LogP contribution in [0.5, 0.6) is 5.88 Å². The number of hydrogen-bond donors (Lipinski definition) is 4. The van der Waals surface area contributed by atoms with Gasteiger partial charge in [-0.05, 0) is 35.8 Å². The summed E-state index contributed by atoms with van der Waals surface area (Å²) in [4.78, 5) is 15.4. The van der Waals surface area contributed by atoms with Gasteiger partial charge in [-0.2, -0.15) is 4.98 Å². The molecule has 0 saturated heterocycles. The van der Waals surface area contributed by atoms with Crippen molar-refractivity contribution >= 4 is 24.1 Å². The number of aromatic amines is 1. The van der Waals surface area contributed by atoms with Crippen LogP contribution in [0.4, 0.5) is 11.6 Å². The van der Waals surface area contributed by atoms with Gasteiger partial charge in [-0.25, -0.2) is 9.98 Å². The van der Waals surface area contributed by atoms with Crippen molar-refractivity contribution in [2.45, 2.75) is 26.3 Å². The van der Waals surface area contributed by atoms with Crippen LogP contribution in [-0.2, 0) is 0 Å². The summed E-state index contributed by atoms with van der Waals surface area (Å²) in [6.07, 6.45) is 4.12. The molecule has 1 aliphatic heterocycles. The Bertz CT molecular complexity index is 870. The van der Waals surface area contributed by atoms with E-state index in [9.17, 15) is 10.2 Å². The third kappa shape index (κ3) is 3.62. The van der Waals surface area contributed by atoms with Crippen LogP contribution in [-0.4, -0.2) is 39.2 Å². The molecule has 4 N–H and O–H groups in total. The fraction of sp³-hybridized carbons (Fsp3) is 0.353. The Labute approximate surface area is 139 Å². The minimum absolute atomic E-state index is 0.00498. The number of aliphatic hydroxyl groups is 1. The number of H-pyrrole nitrogens is 1. The summed E-state index contributed by atoms with van der Waals surface area (Å²) >= 11 is 0. The number of fused-ring (bicyclic) bond motifs is 1. The highest BCUT2D eigenvalue weighted by atomic mass is 16.3. The van der Waals surface area contributed by atoms with Gasteiger partial charge in [0.1, 0.15) is 12.0 Å². The number of aromatic nitrogens is 2. The van der Waals surface area contributed by atoms with E-state index in [1.807, 2.05) is 18.2 Å². The van der Waals surface area contributed by atoms with E-state index in [-0.39, 0.29) is 18.5 Å². The van der Waals surface area contributed by atoms with Gasteiger partial charge < -0.3 is 20.5 Å². The van der Waals surface area contributed by atoms with Crippen molar-refractivity contribution in [1.82, 2.24) is 9.97 Å². The van der Waals surface area contributed by atoms with Gasteiger partial charge in [0.05, 0.1) is 23.7 Å². The Hall–Kier alpha value is -2.67. The lowest BCUT2D eigenvalue weighted by molar-refractivity contribution is 0.259. The minimum Gasteiger partial charge on any atom is -0.492 e. The van der Waals surface area contributed by atoms with E-state index in [0.29, 0.717) is 17.6 Å². The molecule has 1 aliphatic rings. The third-order valence-electron chi connectivity index (χ3n) is 3.73. The normalized spacial score (nSPS) is 14.8. The fourth-order valence-electron chi connectivity index (χ4n) is 2.65. The first-order chi connectivity index (χ1) is 11.5. The smallest absolute Gasteiger partial charge is 0.238 e. The first kappa shape index (κ1) is 16.2. The summed E-state index contributed by atoms with van der Waals surface area (Å²) in [5.41, 5.74) is 1.30. The van der Waals surface area contributed by atoms with Gasteiger partial charge in [0.2, 0.25) is 11.8 Å². The van der Waals surface area contributed by atoms with E-state index in [0.717, 1.165) is 22.7 Å². The second-order valence-corrected chi connectivity index (χ2v) is 6.24. The second kappa shape index (κ2) is 6.84. The van der Waals surface area contributed by atoms with Crippen molar-refractivity contribution in [3.8, 4) is 5.88 Å². The molecule has 0 radical (unpaired) electrons. The molecule has 1 atom stereocenters. The zero-order valence-electron chi connectivity index (χ0n) is 13.7. The van der Waals surface area contributed by atoms with Gasteiger partial charge in [-0.15, -0.1) is 0 Å². The van der Waals surface area contributed by atoms with Gasteiger partial charge >= 0.3 is 0 Å². The van der Waals surface area contributed by atoms with E-state index in [1.54, 1.807) is 6.08 Å². The van der Waals surface area contributed by atoms with Crippen LogP contribution in [0.1, 0.15) is 26.0 Å². The third-order valence-corrected chi connectivity index (χ3v) is 3.73. The average Bonchev–Trinajstić information content (AvgIpc) is 3.12. The molecule has 0 amide bonds. The van der Waals surface area contributed by atoms with Crippen LogP contribution >= 0.6 is 0 Å². The number of anilines is 1. The van der Waals surface area contributed by atoms with E-state index < -0.39 is 0 Å². The number of imidazole rings is 1.